The average molecular weight is 341 g/mol. The van der Waals surface area contributed by atoms with Crippen LogP contribution in [0.25, 0.3) is 0 Å². The molecule has 0 aromatic heterocycles. The van der Waals surface area contributed by atoms with Gasteiger partial charge in [-0.1, -0.05) is 12.1 Å². The summed E-state index contributed by atoms with van der Waals surface area (Å²) in [5.74, 6) is 0.948. The molecule has 2 saturated heterocycles. The minimum atomic E-state index is 0. The monoisotopic (exact) mass is 340 g/mol. The Bertz CT molecular complexity index is 443. The van der Waals surface area contributed by atoms with E-state index in [9.17, 15) is 0 Å². The van der Waals surface area contributed by atoms with Gasteiger partial charge in [-0.05, 0) is 63.5 Å². The predicted octanol–water partition coefficient (Wildman–Crippen LogP) is 2.85. The lowest BCUT2D eigenvalue weighted by atomic mass is 10.0. The van der Waals surface area contributed by atoms with Crippen LogP contribution in [0.2, 0.25) is 0 Å². The van der Waals surface area contributed by atoms with E-state index in [1.807, 2.05) is 0 Å². The number of hydrogen-bond donors (Lipinski definition) is 1. The molecule has 1 N–H and O–H groups in total. The van der Waals surface area contributed by atoms with Gasteiger partial charge in [0.05, 0.1) is 6.10 Å². The quantitative estimate of drug-likeness (QED) is 0.863. The molecule has 0 radical (unpaired) electrons. The SMILES string of the molecule is CN(Cc1ccc(OCC2CCCO2)cc1)C1CCNCC1.Cl. The van der Waals surface area contributed by atoms with Gasteiger partial charge in [-0.3, -0.25) is 4.90 Å². The molecule has 0 aliphatic carbocycles. The Balaban J connectivity index is 0.00000192. The molecule has 0 bridgehead atoms. The molecule has 130 valence electrons. The van der Waals surface area contributed by atoms with Crippen LogP contribution in [0.3, 0.4) is 0 Å². The molecule has 2 aliphatic rings. The first-order valence-corrected chi connectivity index (χ1v) is 8.55. The molecule has 0 spiro atoms. The van der Waals surface area contributed by atoms with E-state index in [0.717, 1.165) is 44.8 Å². The van der Waals surface area contributed by atoms with Gasteiger partial charge in [0.25, 0.3) is 0 Å². The van der Waals surface area contributed by atoms with Crippen molar-refractivity contribution in [1.29, 1.82) is 0 Å². The van der Waals surface area contributed by atoms with Crippen molar-refractivity contribution in [2.75, 3.05) is 33.4 Å². The summed E-state index contributed by atoms with van der Waals surface area (Å²) in [6, 6.07) is 9.24. The summed E-state index contributed by atoms with van der Waals surface area (Å²) in [6.45, 7) is 4.86. The highest BCUT2D eigenvalue weighted by Crippen LogP contribution is 2.18. The lowest BCUT2D eigenvalue weighted by Gasteiger charge is -2.31. The van der Waals surface area contributed by atoms with Crippen LogP contribution >= 0.6 is 12.4 Å². The van der Waals surface area contributed by atoms with Gasteiger partial charge in [-0.2, -0.15) is 0 Å². The van der Waals surface area contributed by atoms with Gasteiger partial charge in [0.15, 0.2) is 0 Å². The largest absolute Gasteiger partial charge is 0.491 e. The summed E-state index contributed by atoms with van der Waals surface area (Å²) in [4.78, 5) is 2.48. The van der Waals surface area contributed by atoms with Gasteiger partial charge in [0.1, 0.15) is 12.4 Å². The molecule has 2 aliphatic heterocycles. The molecule has 1 unspecified atom stereocenters. The van der Waals surface area contributed by atoms with Crippen LogP contribution in [0.4, 0.5) is 0 Å². The smallest absolute Gasteiger partial charge is 0.119 e. The fraction of sp³-hybridized carbons (Fsp3) is 0.667. The first-order valence-electron chi connectivity index (χ1n) is 8.55. The summed E-state index contributed by atoms with van der Waals surface area (Å²) in [5, 5.41) is 3.42. The third-order valence-corrected chi connectivity index (χ3v) is 4.75. The maximum Gasteiger partial charge on any atom is 0.119 e. The number of halogens is 1. The highest BCUT2D eigenvalue weighted by Gasteiger charge is 2.18. The van der Waals surface area contributed by atoms with Crippen LogP contribution in [0, 0.1) is 0 Å². The van der Waals surface area contributed by atoms with E-state index in [4.69, 9.17) is 9.47 Å². The molecule has 0 saturated carbocycles. The lowest BCUT2D eigenvalue weighted by molar-refractivity contribution is 0.0679. The van der Waals surface area contributed by atoms with Gasteiger partial charge in [0, 0.05) is 19.2 Å². The molecule has 2 heterocycles. The molecule has 1 aromatic carbocycles. The van der Waals surface area contributed by atoms with Crippen LogP contribution in [0.5, 0.6) is 5.75 Å². The van der Waals surface area contributed by atoms with Crippen LogP contribution < -0.4 is 10.1 Å². The number of nitrogens with zero attached hydrogens (tertiary/aromatic N) is 1. The predicted molar refractivity (Wildman–Crippen MR) is 95.5 cm³/mol. The van der Waals surface area contributed by atoms with Crippen molar-refractivity contribution in [1.82, 2.24) is 10.2 Å². The maximum absolute atomic E-state index is 5.82. The number of hydrogen-bond acceptors (Lipinski definition) is 4. The van der Waals surface area contributed by atoms with Crippen LogP contribution in [-0.4, -0.2) is 50.4 Å². The number of rotatable bonds is 6. The highest BCUT2D eigenvalue weighted by molar-refractivity contribution is 5.85. The van der Waals surface area contributed by atoms with Crippen LogP contribution in [0.1, 0.15) is 31.2 Å². The van der Waals surface area contributed by atoms with E-state index >= 15 is 0 Å². The summed E-state index contributed by atoms with van der Waals surface area (Å²) >= 11 is 0. The standard InChI is InChI=1S/C18H28N2O2.ClH/c1-20(16-8-10-19-11-9-16)13-15-4-6-17(7-5-15)22-14-18-3-2-12-21-18;/h4-7,16,18-19H,2-3,8-14H2,1H3;1H. The molecule has 0 amide bonds. The third-order valence-electron chi connectivity index (χ3n) is 4.75. The Morgan fingerprint density at radius 1 is 1.17 bits per heavy atom. The fourth-order valence-corrected chi connectivity index (χ4v) is 3.32. The van der Waals surface area contributed by atoms with E-state index in [-0.39, 0.29) is 18.5 Å². The zero-order chi connectivity index (χ0) is 15.2. The molecule has 1 aromatic rings. The fourth-order valence-electron chi connectivity index (χ4n) is 3.32. The normalized spacial score (nSPS) is 22.1. The molecule has 3 rings (SSSR count). The zero-order valence-corrected chi connectivity index (χ0v) is 14.8. The van der Waals surface area contributed by atoms with Crippen molar-refractivity contribution in [3.63, 3.8) is 0 Å². The van der Waals surface area contributed by atoms with E-state index in [2.05, 4.69) is 41.5 Å². The highest BCUT2D eigenvalue weighted by atomic mass is 35.5. The van der Waals surface area contributed by atoms with Crippen molar-refractivity contribution < 1.29 is 9.47 Å². The zero-order valence-electron chi connectivity index (χ0n) is 14.0. The van der Waals surface area contributed by atoms with Gasteiger partial charge in [0.2, 0.25) is 0 Å². The minimum absolute atomic E-state index is 0. The Kier molecular flexibility index (Phi) is 7.63. The molecule has 2 fully saturated rings. The van der Waals surface area contributed by atoms with Gasteiger partial charge in [-0.25, -0.2) is 0 Å². The summed E-state index contributed by atoms with van der Waals surface area (Å²) in [5.41, 5.74) is 1.35. The van der Waals surface area contributed by atoms with Crippen LogP contribution in [-0.2, 0) is 11.3 Å². The molecular formula is C18H29ClN2O2. The van der Waals surface area contributed by atoms with Crippen molar-refractivity contribution >= 4 is 12.4 Å². The van der Waals surface area contributed by atoms with E-state index in [0.29, 0.717) is 12.6 Å². The molecule has 4 nitrogen and oxygen atoms in total. The Morgan fingerprint density at radius 3 is 2.57 bits per heavy atom. The lowest BCUT2D eigenvalue weighted by Crippen LogP contribution is -2.40. The maximum atomic E-state index is 5.82. The van der Waals surface area contributed by atoms with Gasteiger partial charge in [-0.15, -0.1) is 12.4 Å². The van der Waals surface area contributed by atoms with E-state index in [1.54, 1.807) is 0 Å². The second kappa shape index (κ2) is 9.48. The van der Waals surface area contributed by atoms with Gasteiger partial charge < -0.3 is 14.8 Å². The minimum Gasteiger partial charge on any atom is -0.491 e. The first kappa shape index (κ1) is 18.5. The summed E-state index contributed by atoms with van der Waals surface area (Å²) in [6.07, 6.45) is 5.07. The number of piperidine rings is 1. The summed E-state index contributed by atoms with van der Waals surface area (Å²) in [7, 11) is 2.23. The number of nitrogens with one attached hydrogen (secondary N) is 1. The topological polar surface area (TPSA) is 33.7 Å². The number of benzene rings is 1. The molecule has 1 atom stereocenters. The van der Waals surface area contributed by atoms with Crippen molar-refractivity contribution in [2.24, 2.45) is 0 Å². The van der Waals surface area contributed by atoms with Gasteiger partial charge >= 0.3 is 0 Å². The molecule has 23 heavy (non-hydrogen) atoms. The van der Waals surface area contributed by atoms with E-state index < -0.39 is 0 Å². The third kappa shape index (κ3) is 5.64. The van der Waals surface area contributed by atoms with E-state index in [1.165, 1.54) is 18.4 Å². The molecular weight excluding hydrogens is 312 g/mol. The first-order chi connectivity index (χ1) is 10.8. The average Bonchev–Trinajstić information content (AvgIpc) is 3.08. The Morgan fingerprint density at radius 2 is 1.91 bits per heavy atom. The molecule has 5 heteroatoms. The Labute approximate surface area is 145 Å². The second-order valence-electron chi connectivity index (χ2n) is 6.49. The summed E-state index contributed by atoms with van der Waals surface area (Å²) < 4.78 is 11.4. The second-order valence-corrected chi connectivity index (χ2v) is 6.49. The van der Waals surface area contributed by atoms with Crippen molar-refractivity contribution in [3.8, 4) is 5.75 Å². The Hall–Kier alpha value is -0.810. The van der Waals surface area contributed by atoms with Crippen LogP contribution in [0.15, 0.2) is 24.3 Å². The van der Waals surface area contributed by atoms with Crippen molar-refractivity contribution in [3.05, 3.63) is 29.8 Å². The van der Waals surface area contributed by atoms with Crippen molar-refractivity contribution in [2.45, 2.75) is 44.4 Å². The number of ether oxygens (including phenoxy) is 2.